The molecule has 0 fully saturated rings. The number of benzene rings is 1. The molecular formula is C13H13N3O3. The van der Waals surface area contributed by atoms with Gasteiger partial charge < -0.3 is 25.7 Å². The number of nitrogens with two attached hydrogens (primary N) is 2. The minimum absolute atomic E-state index is 0.260. The zero-order chi connectivity index (χ0) is 13.2. The lowest BCUT2D eigenvalue weighted by Crippen LogP contribution is -2.02. The van der Waals surface area contributed by atoms with Crippen molar-refractivity contribution >= 4 is 11.5 Å². The first-order valence-corrected chi connectivity index (χ1v) is 5.76. The number of hydrogen-bond acceptors (Lipinski definition) is 6. The van der Waals surface area contributed by atoms with Crippen molar-refractivity contribution in [2.45, 2.75) is 6.61 Å². The molecule has 0 bridgehead atoms. The second-order valence-corrected chi connectivity index (χ2v) is 4.10. The van der Waals surface area contributed by atoms with E-state index in [0.717, 1.165) is 17.1 Å². The van der Waals surface area contributed by atoms with Gasteiger partial charge in [-0.3, -0.25) is 0 Å². The molecule has 0 amide bonds. The normalized spacial score (nSPS) is 12.4. The summed E-state index contributed by atoms with van der Waals surface area (Å²) in [5.74, 6) is 2.18. The number of fused-ring (bicyclic) bond motifs is 1. The van der Waals surface area contributed by atoms with Crippen molar-refractivity contribution in [3.05, 3.63) is 35.9 Å². The van der Waals surface area contributed by atoms with E-state index in [1.807, 2.05) is 18.2 Å². The fourth-order valence-corrected chi connectivity index (χ4v) is 1.74. The van der Waals surface area contributed by atoms with E-state index < -0.39 is 0 Å². The maximum atomic E-state index is 5.61. The van der Waals surface area contributed by atoms with E-state index in [-0.39, 0.29) is 12.6 Å². The lowest BCUT2D eigenvalue weighted by atomic mass is 10.2. The Balaban J connectivity index is 1.70. The van der Waals surface area contributed by atoms with E-state index in [2.05, 4.69) is 4.98 Å². The van der Waals surface area contributed by atoms with Gasteiger partial charge in [-0.25, -0.2) is 0 Å². The molecule has 19 heavy (non-hydrogen) atoms. The molecular weight excluding hydrogens is 246 g/mol. The van der Waals surface area contributed by atoms with Crippen molar-refractivity contribution in [2.75, 3.05) is 18.3 Å². The standard InChI is InChI=1S/C13H13N3O3/c14-9-2-4-12(16-13(9)15)17-6-8-1-3-10-11(5-8)19-7-18-10/h1-5H,6-7,14H2,(H2,15,16). The second kappa shape index (κ2) is 4.56. The molecule has 0 spiro atoms. The number of nitrogens with zero attached hydrogens (tertiary/aromatic N) is 1. The Bertz CT molecular complexity index is 616. The molecule has 0 saturated heterocycles. The van der Waals surface area contributed by atoms with Gasteiger partial charge in [0.2, 0.25) is 12.7 Å². The Morgan fingerprint density at radius 3 is 2.79 bits per heavy atom. The summed E-state index contributed by atoms with van der Waals surface area (Å²) < 4.78 is 16.1. The molecule has 1 aromatic carbocycles. The van der Waals surface area contributed by atoms with Crippen LogP contribution in [0, 0.1) is 0 Å². The van der Waals surface area contributed by atoms with E-state index in [1.165, 1.54) is 0 Å². The number of anilines is 2. The smallest absolute Gasteiger partial charge is 0.231 e. The van der Waals surface area contributed by atoms with Crippen LogP contribution < -0.4 is 25.7 Å². The van der Waals surface area contributed by atoms with Crippen LogP contribution >= 0.6 is 0 Å². The molecule has 0 radical (unpaired) electrons. The molecule has 1 aromatic heterocycles. The highest BCUT2D eigenvalue weighted by Gasteiger charge is 2.13. The number of rotatable bonds is 3. The molecule has 0 atom stereocenters. The fraction of sp³-hybridized carbons (Fsp3) is 0.154. The third-order valence-corrected chi connectivity index (χ3v) is 2.76. The summed E-state index contributed by atoms with van der Waals surface area (Å²) in [5, 5.41) is 0. The monoisotopic (exact) mass is 259 g/mol. The lowest BCUT2D eigenvalue weighted by Gasteiger charge is -2.07. The van der Waals surface area contributed by atoms with Crippen LogP contribution in [-0.2, 0) is 6.61 Å². The van der Waals surface area contributed by atoms with E-state index in [4.69, 9.17) is 25.7 Å². The molecule has 0 aliphatic carbocycles. The van der Waals surface area contributed by atoms with Crippen LogP contribution in [0.5, 0.6) is 17.4 Å². The Morgan fingerprint density at radius 2 is 1.95 bits per heavy atom. The summed E-state index contributed by atoms with van der Waals surface area (Å²) in [5.41, 5.74) is 12.6. The quantitative estimate of drug-likeness (QED) is 0.868. The average molecular weight is 259 g/mol. The molecule has 6 heteroatoms. The SMILES string of the molecule is Nc1ccc(OCc2ccc3c(c2)OCO3)nc1N. The minimum Gasteiger partial charge on any atom is -0.473 e. The molecule has 0 unspecified atom stereocenters. The molecule has 2 heterocycles. The largest absolute Gasteiger partial charge is 0.473 e. The molecule has 6 nitrogen and oxygen atoms in total. The number of ether oxygens (including phenoxy) is 3. The van der Waals surface area contributed by atoms with Crippen LogP contribution in [0.2, 0.25) is 0 Å². The number of hydrogen-bond donors (Lipinski definition) is 2. The number of pyridine rings is 1. The number of aromatic nitrogens is 1. The van der Waals surface area contributed by atoms with Gasteiger partial charge in [0.25, 0.3) is 0 Å². The molecule has 0 saturated carbocycles. The first-order valence-electron chi connectivity index (χ1n) is 5.76. The predicted molar refractivity (Wildman–Crippen MR) is 70.0 cm³/mol. The highest BCUT2D eigenvalue weighted by Crippen LogP contribution is 2.32. The Labute approximate surface area is 109 Å². The van der Waals surface area contributed by atoms with Crippen molar-refractivity contribution in [1.82, 2.24) is 4.98 Å². The van der Waals surface area contributed by atoms with Crippen molar-refractivity contribution in [3.8, 4) is 17.4 Å². The summed E-state index contributed by atoms with van der Waals surface area (Å²) in [6, 6.07) is 8.99. The van der Waals surface area contributed by atoms with Crippen LogP contribution in [0.1, 0.15) is 5.56 Å². The minimum atomic E-state index is 0.260. The van der Waals surface area contributed by atoms with E-state index in [1.54, 1.807) is 12.1 Å². The van der Waals surface area contributed by atoms with Crippen molar-refractivity contribution < 1.29 is 14.2 Å². The van der Waals surface area contributed by atoms with Gasteiger partial charge in [-0.2, -0.15) is 4.98 Å². The summed E-state index contributed by atoms with van der Waals surface area (Å²) in [4.78, 5) is 4.03. The van der Waals surface area contributed by atoms with Gasteiger partial charge >= 0.3 is 0 Å². The first kappa shape index (κ1) is 11.5. The third kappa shape index (κ3) is 2.33. The second-order valence-electron chi connectivity index (χ2n) is 4.10. The predicted octanol–water partition coefficient (Wildman–Crippen LogP) is 1.55. The summed E-state index contributed by atoms with van der Waals surface area (Å²) >= 11 is 0. The lowest BCUT2D eigenvalue weighted by molar-refractivity contribution is 0.174. The van der Waals surface area contributed by atoms with Crippen LogP contribution in [0.3, 0.4) is 0 Å². The average Bonchev–Trinajstić information content (AvgIpc) is 2.87. The summed E-state index contributed by atoms with van der Waals surface area (Å²) in [6.45, 7) is 0.628. The van der Waals surface area contributed by atoms with E-state index in [0.29, 0.717) is 18.2 Å². The van der Waals surface area contributed by atoms with Crippen LogP contribution in [0.4, 0.5) is 11.5 Å². The summed E-state index contributed by atoms with van der Waals surface area (Å²) in [7, 11) is 0. The summed E-state index contributed by atoms with van der Waals surface area (Å²) in [6.07, 6.45) is 0. The van der Waals surface area contributed by atoms with E-state index in [9.17, 15) is 0 Å². The third-order valence-electron chi connectivity index (χ3n) is 2.76. The van der Waals surface area contributed by atoms with Crippen molar-refractivity contribution in [3.63, 3.8) is 0 Å². The Morgan fingerprint density at radius 1 is 1.11 bits per heavy atom. The highest BCUT2D eigenvalue weighted by molar-refractivity contribution is 5.58. The molecule has 1 aliphatic heterocycles. The van der Waals surface area contributed by atoms with Gasteiger partial charge in [-0.1, -0.05) is 6.07 Å². The van der Waals surface area contributed by atoms with Gasteiger partial charge in [-0.05, 0) is 23.8 Å². The molecule has 98 valence electrons. The highest BCUT2D eigenvalue weighted by atomic mass is 16.7. The topological polar surface area (TPSA) is 92.6 Å². The molecule has 3 rings (SSSR count). The van der Waals surface area contributed by atoms with Gasteiger partial charge in [0.1, 0.15) is 6.61 Å². The Hall–Kier alpha value is -2.63. The Kier molecular flexibility index (Phi) is 2.75. The van der Waals surface area contributed by atoms with Crippen molar-refractivity contribution in [2.24, 2.45) is 0 Å². The van der Waals surface area contributed by atoms with Crippen LogP contribution in [0.25, 0.3) is 0 Å². The molecule has 1 aliphatic rings. The molecule has 2 aromatic rings. The zero-order valence-electron chi connectivity index (χ0n) is 10.1. The van der Waals surface area contributed by atoms with Crippen LogP contribution in [-0.4, -0.2) is 11.8 Å². The fourth-order valence-electron chi connectivity index (χ4n) is 1.74. The van der Waals surface area contributed by atoms with E-state index >= 15 is 0 Å². The van der Waals surface area contributed by atoms with Gasteiger partial charge in [-0.15, -0.1) is 0 Å². The maximum Gasteiger partial charge on any atom is 0.231 e. The van der Waals surface area contributed by atoms with Crippen LogP contribution in [0.15, 0.2) is 30.3 Å². The van der Waals surface area contributed by atoms with Crippen molar-refractivity contribution in [1.29, 1.82) is 0 Å². The van der Waals surface area contributed by atoms with Gasteiger partial charge in [0, 0.05) is 6.07 Å². The van der Waals surface area contributed by atoms with Gasteiger partial charge in [0.05, 0.1) is 5.69 Å². The van der Waals surface area contributed by atoms with Gasteiger partial charge in [0.15, 0.2) is 17.3 Å². The molecule has 4 N–H and O–H groups in total. The maximum absolute atomic E-state index is 5.61. The zero-order valence-corrected chi connectivity index (χ0v) is 10.1. The number of nitrogen functional groups attached to an aromatic ring is 2. The first-order chi connectivity index (χ1) is 9.22.